The highest BCUT2D eigenvalue weighted by atomic mass is 16.8. The van der Waals surface area contributed by atoms with E-state index in [4.69, 9.17) is 0 Å². The van der Waals surface area contributed by atoms with Crippen LogP contribution in [0, 0.1) is 20.2 Å². The molecule has 0 aliphatic rings. The van der Waals surface area contributed by atoms with Crippen LogP contribution >= 0.6 is 0 Å². The molecule has 58 valence electrons. The number of rotatable bonds is 4. The van der Waals surface area contributed by atoms with Crippen molar-refractivity contribution >= 4 is 0 Å². The van der Waals surface area contributed by atoms with E-state index in [1.165, 1.54) is 0 Å². The van der Waals surface area contributed by atoms with Gasteiger partial charge in [0, 0.05) is 0 Å². The number of hydrazine groups is 2. The van der Waals surface area contributed by atoms with E-state index in [0.29, 0.717) is 6.42 Å². The fourth-order valence-electron chi connectivity index (χ4n) is 0.423. The average molecular weight is 149 g/mol. The largest absolute Gasteiger partial charge is 0.230 e. The second kappa shape index (κ2) is 3.59. The van der Waals surface area contributed by atoms with Crippen molar-refractivity contribution < 1.29 is 10.1 Å². The molecule has 7 nitrogen and oxygen atoms in total. The molecule has 0 heterocycles. The highest BCUT2D eigenvalue weighted by Crippen LogP contribution is 1.90. The summed E-state index contributed by atoms with van der Waals surface area (Å²) in [7, 11) is 0. The predicted molar refractivity (Wildman–Crippen MR) is 31.0 cm³/mol. The van der Waals surface area contributed by atoms with Gasteiger partial charge in [0.15, 0.2) is 5.12 Å². The number of hydrogen-bond donors (Lipinski definition) is 0. The molecule has 0 fully saturated rings. The molecule has 0 unspecified atom stereocenters. The van der Waals surface area contributed by atoms with Crippen LogP contribution in [0.15, 0.2) is 0 Å². The molecule has 0 spiro atoms. The van der Waals surface area contributed by atoms with Gasteiger partial charge in [-0.05, 0) is 6.42 Å². The molecule has 0 saturated heterocycles. The first kappa shape index (κ1) is 8.60. The molecular formula is C3H7N3O4. The van der Waals surface area contributed by atoms with Crippen molar-refractivity contribution in [3.8, 4) is 0 Å². The third-order valence-electron chi connectivity index (χ3n) is 0.801. The minimum Gasteiger partial charge on any atom is -0.230 e. The van der Waals surface area contributed by atoms with Gasteiger partial charge in [-0.25, -0.2) is 20.2 Å². The van der Waals surface area contributed by atoms with Crippen LogP contribution < -0.4 is 0 Å². The summed E-state index contributed by atoms with van der Waals surface area (Å²) in [5, 5.41) is 17.5. The minimum atomic E-state index is -1.04. The molecule has 0 saturated carbocycles. The predicted octanol–water partition coefficient (Wildman–Crippen LogP) is 0.0818. The van der Waals surface area contributed by atoms with Crippen LogP contribution in [0.1, 0.15) is 13.3 Å². The van der Waals surface area contributed by atoms with E-state index in [0.717, 1.165) is 0 Å². The van der Waals surface area contributed by atoms with Gasteiger partial charge >= 0.3 is 0 Å². The summed E-state index contributed by atoms with van der Waals surface area (Å²) in [4.78, 5) is 19.6. The summed E-state index contributed by atoms with van der Waals surface area (Å²) in [6.45, 7) is 1.46. The summed E-state index contributed by atoms with van der Waals surface area (Å²) >= 11 is 0. The van der Waals surface area contributed by atoms with E-state index >= 15 is 0 Å². The average Bonchev–Trinajstić information content (AvgIpc) is 1.81. The molecule has 0 amide bonds. The fourth-order valence-corrected chi connectivity index (χ4v) is 0.423. The zero-order chi connectivity index (χ0) is 8.15. The Morgan fingerprint density at radius 1 is 1.30 bits per heavy atom. The summed E-state index contributed by atoms with van der Waals surface area (Å²) < 4.78 is 0. The van der Waals surface area contributed by atoms with E-state index in [9.17, 15) is 20.2 Å². The summed E-state index contributed by atoms with van der Waals surface area (Å²) in [5.41, 5.74) is 0. The van der Waals surface area contributed by atoms with E-state index in [2.05, 4.69) is 0 Å². The van der Waals surface area contributed by atoms with Gasteiger partial charge in [0.05, 0.1) is 0 Å². The molecule has 0 bridgehead atoms. The maximum absolute atomic E-state index is 9.82. The van der Waals surface area contributed by atoms with Crippen LogP contribution in [-0.4, -0.2) is 21.7 Å². The van der Waals surface area contributed by atoms with Crippen LogP contribution in [0.5, 0.6) is 0 Å². The first-order valence-corrected chi connectivity index (χ1v) is 2.65. The lowest BCUT2D eigenvalue weighted by Gasteiger charge is -1.99. The van der Waals surface area contributed by atoms with E-state index in [-0.39, 0.29) is 11.7 Å². The summed E-state index contributed by atoms with van der Waals surface area (Å²) in [5.74, 6) is 0. The van der Waals surface area contributed by atoms with Crippen LogP contribution in [-0.2, 0) is 0 Å². The van der Waals surface area contributed by atoms with Gasteiger partial charge in [-0.2, -0.15) is 0 Å². The molecule has 0 N–H and O–H groups in total. The van der Waals surface area contributed by atoms with Crippen LogP contribution in [0.4, 0.5) is 0 Å². The quantitative estimate of drug-likeness (QED) is 0.417. The monoisotopic (exact) mass is 149 g/mol. The maximum atomic E-state index is 9.82. The van der Waals surface area contributed by atoms with Gasteiger partial charge in [0.2, 0.25) is 10.1 Å². The Morgan fingerprint density at radius 3 is 1.80 bits per heavy atom. The van der Waals surface area contributed by atoms with Gasteiger partial charge in [-0.1, -0.05) is 6.92 Å². The Bertz CT molecular complexity index is 133. The molecule has 0 aromatic carbocycles. The second-order valence-electron chi connectivity index (χ2n) is 1.57. The molecule has 0 atom stereocenters. The normalized spacial score (nSPS) is 8.90. The third-order valence-corrected chi connectivity index (χ3v) is 0.801. The van der Waals surface area contributed by atoms with Crippen molar-refractivity contribution in [2.45, 2.75) is 13.3 Å². The molecule has 0 rings (SSSR count). The van der Waals surface area contributed by atoms with Gasteiger partial charge in [-0.3, -0.25) is 0 Å². The maximum Gasteiger partial charge on any atom is 0.222 e. The smallest absolute Gasteiger partial charge is 0.222 e. The van der Waals surface area contributed by atoms with Crippen molar-refractivity contribution in [2.24, 2.45) is 0 Å². The zero-order valence-corrected chi connectivity index (χ0v) is 5.39. The SMILES string of the molecule is CCCN([N+](=O)[O-])[N+](=O)[O-]. The van der Waals surface area contributed by atoms with E-state index < -0.39 is 10.1 Å². The summed E-state index contributed by atoms with van der Waals surface area (Å²) in [6, 6.07) is 0. The molecule has 10 heavy (non-hydrogen) atoms. The van der Waals surface area contributed by atoms with Gasteiger partial charge in [0.25, 0.3) is 0 Å². The first-order chi connectivity index (χ1) is 4.59. The van der Waals surface area contributed by atoms with E-state index in [1.807, 2.05) is 0 Å². The Balaban J connectivity index is 3.98. The van der Waals surface area contributed by atoms with Crippen molar-refractivity contribution in [3.05, 3.63) is 20.2 Å². The summed E-state index contributed by atoms with van der Waals surface area (Å²) in [6.07, 6.45) is 0.377. The first-order valence-electron chi connectivity index (χ1n) is 2.65. The topological polar surface area (TPSA) is 89.5 Å². The molecule has 7 heteroatoms. The highest BCUT2D eigenvalue weighted by molar-refractivity contribution is 4.26. The number of hydrogen-bond acceptors (Lipinski definition) is 4. The fraction of sp³-hybridized carbons (Fsp3) is 1.00. The Kier molecular flexibility index (Phi) is 3.09. The van der Waals surface area contributed by atoms with Gasteiger partial charge in [-0.15, -0.1) is 0 Å². The van der Waals surface area contributed by atoms with Crippen molar-refractivity contribution in [2.75, 3.05) is 6.54 Å². The second-order valence-corrected chi connectivity index (χ2v) is 1.57. The highest BCUT2D eigenvalue weighted by Gasteiger charge is 2.24. The lowest BCUT2D eigenvalue weighted by molar-refractivity contribution is -0.907. The molecule has 0 aromatic heterocycles. The Morgan fingerprint density at radius 2 is 1.70 bits per heavy atom. The zero-order valence-electron chi connectivity index (χ0n) is 5.39. The number of nitro groups is 2. The standard InChI is InChI=1S/C3H7N3O4/c1-2-3-4(5(7)8)6(9)10/h2-3H2,1H3. The number of nitrogens with zero attached hydrogens (tertiary/aromatic N) is 3. The molecule has 0 radical (unpaired) electrons. The van der Waals surface area contributed by atoms with Gasteiger partial charge in [0.1, 0.15) is 6.54 Å². The van der Waals surface area contributed by atoms with Gasteiger partial charge < -0.3 is 0 Å². The van der Waals surface area contributed by atoms with E-state index in [1.54, 1.807) is 6.92 Å². The van der Waals surface area contributed by atoms with Crippen LogP contribution in [0.3, 0.4) is 0 Å². The molecule has 0 aliphatic carbocycles. The molecule has 0 aromatic rings. The minimum absolute atomic E-state index is 0.0417. The Hall–Kier alpha value is -1.40. The van der Waals surface area contributed by atoms with Crippen molar-refractivity contribution in [1.82, 2.24) is 5.12 Å². The van der Waals surface area contributed by atoms with Crippen LogP contribution in [0.25, 0.3) is 0 Å². The van der Waals surface area contributed by atoms with Crippen molar-refractivity contribution in [3.63, 3.8) is 0 Å². The third kappa shape index (κ3) is 2.25. The Labute approximate surface area is 56.5 Å². The lowest BCUT2D eigenvalue weighted by atomic mass is 10.5. The molecular weight excluding hydrogens is 142 g/mol. The van der Waals surface area contributed by atoms with Crippen molar-refractivity contribution in [1.29, 1.82) is 0 Å². The van der Waals surface area contributed by atoms with Crippen LogP contribution in [0.2, 0.25) is 0 Å². The lowest BCUT2D eigenvalue weighted by Crippen LogP contribution is -2.35. The molecule has 0 aliphatic heterocycles.